The summed E-state index contributed by atoms with van der Waals surface area (Å²) in [4.78, 5) is 33.7. The van der Waals surface area contributed by atoms with Gasteiger partial charge in [-0.1, -0.05) is 12.1 Å². The summed E-state index contributed by atoms with van der Waals surface area (Å²) >= 11 is 11.1. The molecule has 2 amide bonds. The maximum absolute atomic E-state index is 11.5. The highest BCUT2D eigenvalue weighted by Gasteiger charge is 2.19. The van der Waals surface area contributed by atoms with E-state index in [4.69, 9.17) is 23.2 Å². The molecule has 0 spiro atoms. The molecule has 0 radical (unpaired) electrons. The van der Waals surface area contributed by atoms with Gasteiger partial charge in [0.05, 0.1) is 12.8 Å². The van der Waals surface area contributed by atoms with Crippen molar-refractivity contribution >= 4 is 52.2 Å². The van der Waals surface area contributed by atoms with Crippen LogP contribution in [0.1, 0.15) is 39.9 Å². The summed E-state index contributed by atoms with van der Waals surface area (Å²) in [5, 5.41) is 5.53. The third-order valence-corrected chi connectivity index (χ3v) is 5.22. The zero-order valence-corrected chi connectivity index (χ0v) is 17.4. The minimum Gasteiger partial charge on any atom is -0.326 e. The van der Waals surface area contributed by atoms with E-state index in [1.807, 2.05) is 6.07 Å². The summed E-state index contributed by atoms with van der Waals surface area (Å²) in [5.74, 6) is 1.11. The average molecular weight is 433 g/mol. The van der Waals surface area contributed by atoms with E-state index < -0.39 is 0 Å². The maximum Gasteiger partial charge on any atom is 0.228 e. The predicted molar refractivity (Wildman–Crippen MR) is 116 cm³/mol. The second-order valence-corrected chi connectivity index (χ2v) is 7.72. The molecule has 0 aromatic heterocycles. The van der Waals surface area contributed by atoms with Gasteiger partial charge in [0.15, 0.2) is 5.78 Å². The first kappa shape index (κ1) is 21.3. The zero-order valence-electron chi connectivity index (χ0n) is 15.9. The summed E-state index contributed by atoms with van der Waals surface area (Å²) in [6.07, 6.45) is 3.19. The van der Waals surface area contributed by atoms with Gasteiger partial charge >= 0.3 is 0 Å². The SMILES string of the molecule is O=C1Cc2cc(C(=O)CCCl)ccc2N1.O=C1Cc2cc(CCCCl)ccc2N1. The van der Waals surface area contributed by atoms with Gasteiger partial charge < -0.3 is 10.6 Å². The number of carbonyl (C=O) groups is 3. The number of ketones is 1. The number of Topliss-reactive ketones (excluding diaryl/α,β-unsaturated/α-hetero) is 1. The monoisotopic (exact) mass is 432 g/mol. The first-order valence-electron chi connectivity index (χ1n) is 9.49. The largest absolute Gasteiger partial charge is 0.326 e. The van der Waals surface area contributed by atoms with Crippen LogP contribution in [0.5, 0.6) is 0 Å². The quantitative estimate of drug-likeness (QED) is 0.526. The summed E-state index contributed by atoms with van der Waals surface area (Å²) in [6, 6.07) is 11.4. The van der Waals surface area contributed by atoms with Gasteiger partial charge in [0, 0.05) is 35.1 Å². The van der Waals surface area contributed by atoms with Crippen LogP contribution in [0.2, 0.25) is 0 Å². The van der Waals surface area contributed by atoms with Crippen LogP contribution in [0.3, 0.4) is 0 Å². The van der Waals surface area contributed by atoms with Gasteiger partial charge in [-0.15, -0.1) is 23.2 Å². The molecule has 2 aliphatic rings. The van der Waals surface area contributed by atoms with Crippen molar-refractivity contribution in [3.05, 3.63) is 58.7 Å². The van der Waals surface area contributed by atoms with Crippen molar-refractivity contribution < 1.29 is 14.4 Å². The molecule has 2 aromatic rings. The molecule has 2 aliphatic heterocycles. The Labute approximate surface area is 179 Å². The first-order chi connectivity index (χ1) is 14.0. The summed E-state index contributed by atoms with van der Waals surface area (Å²) in [7, 11) is 0. The van der Waals surface area contributed by atoms with Crippen LogP contribution in [0.25, 0.3) is 0 Å². The van der Waals surface area contributed by atoms with Crippen LogP contribution in [0.4, 0.5) is 11.4 Å². The number of nitrogens with one attached hydrogen (secondary N) is 2. The maximum atomic E-state index is 11.5. The summed E-state index contributed by atoms with van der Waals surface area (Å²) in [5.41, 5.74) is 5.67. The number of carbonyl (C=O) groups excluding carboxylic acids is 3. The number of amides is 2. The van der Waals surface area contributed by atoms with Crippen LogP contribution < -0.4 is 10.6 Å². The standard InChI is InChI=1S/C11H10ClNO2.C11H12ClNO/c12-4-3-10(14)7-1-2-9-8(5-7)6-11(15)13-9;12-5-1-2-8-3-4-10-9(6-8)7-11(14)13-10/h1-2,5H,3-4,6H2,(H,13,15);3-4,6H,1-2,5,7H2,(H,13,14). The van der Waals surface area contributed by atoms with Crippen LogP contribution in [0.15, 0.2) is 36.4 Å². The van der Waals surface area contributed by atoms with Crippen molar-refractivity contribution in [3.63, 3.8) is 0 Å². The van der Waals surface area contributed by atoms with E-state index in [0.717, 1.165) is 35.3 Å². The van der Waals surface area contributed by atoms with E-state index in [2.05, 4.69) is 22.8 Å². The van der Waals surface area contributed by atoms with Crippen molar-refractivity contribution in [2.75, 3.05) is 22.4 Å². The van der Waals surface area contributed by atoms with Crippen molar-refractivity contribution in [2.45, 2.75) is 32.1 Å². The number of halogens is 2. The van der Waals surface area contributed by atoms with Crippen molar-refractivity contribution in [3.8, 4) is 0 Å². The number of rotatable bonds is 6. The number of hydrogen-bond donors (Lipinski definition) is 2. The summed E-state index contributed by atoms with van der Waals surface area (Å²) < 4.78 is 0. The van der Waals surface area contributed by atoms with Gasteiger partial charge in [0.1, 0.15) is 0 Å². The van der Waals surface area contributed by atoms with Crippen LogP contribution in [-0.4, -0.2) is 29.4 Å². The zero-order chi connectivity index (χ0) is 20.8. The highest BCUT2D eigenvalue weighted by molar-refractivity contribution is 6.19. The first-order valence-corrected chi connectivity index (χ1v) is 10.6. The van der Waals surface area contributed by atoms with E-state index in [0.29, 0.717) is 36.6 Å². The van der Waals surface area contributed by atoms with E-state index in [9.17, 15) is 14.4 Å². The Morgan fingerprint density at radius 1 is 0.862 bits per heavy atom. The van der Waals surface area contributed by atoms with Crippen molar-refractivity contribution in [1.29, 1.82) is 0 Å². The van der Waals surface area contributed by atoms with Gasteiger partial charge in [-0.05, 0) is 53.8 Å². The van der Waals surface area contributed by atoms with Crippen LogP contribution >= 0.6 is 23.2 Å². The molecule has 0 aliphatic carbocycles. The molecule has 0 fully saturated rings. The van der Waals surface area contributed by atoms with E-state index in [1.54, 1.807) is 18.2 Å². The number of anilines is 2. The highest BCUT2D eigenvalue weighted by Crippen LogP contribution is 2.25. The second-order valence-electron chi connectivity index (χ2n) is 6.97. The van der Waals surface area contributed by atoms with E-state index in [-0.39, 0.29) is 17.6 Å². The molecule has 29 heavy (non-hydrogen) atoms. The molecule has 2 heterocycles. The minimum atomic E-state index is -0.0213. The topological polar surface area (TPSA) is 75.3 Å². The fourth-order valence-corrected chi connectivity index (χ4v) is 3.65. The van der Waals surface area contributed by atoms with Crippen molar-refractivity contribution in [2.24, 2.45) is 0 Å². The normalized spacial score (nSPS) is 13.7. The number of aryl methyl sites for hydroxylation is 1. The van der Waals surface area contributed by atoms with Gasteiger partial charge in [-0.3, -0.25) is 14.4 Å². The Hall–Kier alpha value is -2.37. The number of alkyl halides is 2. The number of benzene rings is 2. The number of fused-ring (bicyclic) bond motifs is 2. The predicted octanol–water partition coefficient (Wildman–Crippen LogP) is 4.35. The second kappa shape index (κ2) is 9.90. The molecule has 7 heteroatoms. The summed E-state index contributed by atoms with van der Waals surface area (Å²) in [6.45, 7) is 0. The molecular weight excluding hydrogens is 411 g/mol. The molecule has 0 saturated carbocycles. The molecule has 0 unspecified atom stereocenters. The fraction of sp³-hybridized carbons (Fsp3) is 0.318. The lowest BCUT2D eigenvalue weighted by molar-refractivity contribution is -0.115. The smallest absolute Gasteiger partial charge is 0.228 e. The van der Waals surface area contributed by atoms with Gasteiger partial charge in [-0.25, -0.2) is 0 Å². The van der Waals surface area contributed by atoms with Crippen molar-refractivity contribution in [1.82, 2.24) is 0 Å². The molecule has 0 atom stereocenters. The Morgan fingerprint density at radius 3 is 2.10 bits per heavy atom. The molecule has 2 N–H and O–H groups in total. The van der Waals surface area contributed by atoms with Gasteiger partial charge in [0.2, 0.25) is 11.8 Å². The van der Waals surface area contributed by atoms with E-state index >= 15 is 0 Å². The third-order valence-electron chi connectivity index (χ3n) is 4.77. The lowest BCUT2D eigenvalue weighted by Gasteiger charge is -2.02. The molecule has 152 valence electrons. The fourth-order valence-electron chi connectivity index (χ4n) is 3.34. The molecule has 5 nitrogen and oxygen atoms in total. The average Bonchev–Trinajstić information content (AvgIpc) is 3.26. The van der Waals surface area contributed by atoms with Gasteiger partial charge in [0.25, 0.3) is 0 Å². The minimum absolute atomic E-state index is 0.0205. The molecule has 2 aromatic carbocycles. The molecular formula is C22H22Cl2N2O3. The van der Waals surface area contributed by atoms with E-state index in [1.165, 1.54) is 5.56 Å². The Kier molecular flexibility index (Phi) is 7.29. The molecule has 0 saturated heterocycles. The lowest BCUT2D eigenvalue weighted by Crippen LogP contribution is -2.03. The van der Waals surface area contributed by atoms with Crippen LogP contribution in [0, 0.1) is 0 Å². The number of hydrogen-bond acceptors (Lipinski definition) is 3. The Balaban J connectivity index is 0.000000166. The Morgan fingerprint density at radius 2 is 1.48 bits per heavy atom. The van der Waals surface area contributed by atoms with Gasteiger partial charge in [-0.2, -0.15) is 0 Å². The lowest BCUT2D eigenvalue weighted by atomic mass is 10.0. The van der Waals surface area contributed by atoms with Crippen LogP contribution in [-0.2, 0) is 28.9 Å². The Bertz CT molecular complexity index is 944. The molecule has 0 bridgehead atoms. The third kappa shape index (κ3) is 5.58. The molecule has 4 rings (SSSR count). The highest BCUT2D eigenvalue weighted by atomic mass is 35.5.